The number of amides is 1. The molecule has 1 aromatic rings. The molecule has 16 heavy (non-hydrogen) atoms. The van der Waals surface area contributed by atoms with Crippen molar-refractivity contribution in [3.63, 3.8) is 0 Å². The number of nitrogens with one attached hydrogen (secondary N) is 1. The molecule has 1 amide bonds. The molecule has 4 nitrogen and oxygen atoms in total. The van der Waals surface area contributed by atoms with Crippen LogP contribution >= 0.6 is 0 Å². The molecule has 0 aliphatic carbocycles. The van der Waals surface area contributed by atoms with Crippen LogP contribution in [0.1, 0.15) is 18.1 Å². The minimum atomic E-state index is -0.580. The molecule has 0 aliphatic rings. The molecule has 0 atom stereocenters. The summed E-state index contributed by atoms with van der Waals surface area (Å²) in [5.41, 5.74) is 1.94. The lowest BCUT2D eigenvalue weighted by molar-refractivity contribution is -0.136. The molecular formula is C12H15NO3. The normalized spacial score (nSPS) is 9.69. The number of aryl methyl sites for hydroxylation is 1. The van der Waals surface area contributed by atoms with Gasteiger partial charge in [0.15, 0.2) is 0 Å². The van der Waals surface area contributed by atoms with Gasteiger partial charge < -0.3 is 10.1 Å². The Kier molecular flexibility index (Phi) is 4.05. The van der Waals surface area contributed by atoms with Gasteiger partial charge in [-0.2, -0.15) is 0 Å². The van der Waals surface area contributed by atoms with Crippen LogP contribution in [0.15, 0.2) is 18.2 Å². The second-order valence-corrected chi connectivity index (χ2v) is 3.55. The first-order valence-electron chi connectivity index (χ1n) is 4.97. The molecule has 0 aromatic heterocycles. The fourth-order valence-corrected chi connectivity index (χ4v) is 1.35. The van der Waals surface area contributed by atoms with E-state index in [0.29, 0.717) is 12.3 Å². The molecule has 1 N–H and O–H groups in total. The smallest absolute Gasteiger partial charge is 0.287 e. The number of hydrogen-bond donors (Lipinski definition) is 1. The van der Waals surface area contributed by atoms with E-state index in [1.807, 2.05) is 25.1 Å². The van der Waals surface area contributed by atoms with E-state index in [9.17, 15) is 9.59 Å². The minimum absolute atomic E-state index is 0.295. The first-order valence-corrected chi connectivity index (χ1v) is 4.97. The van der Waals surface area contributed by atoms with Gasteiger partial charge >= 0.3 is 0 Å². The van der Waals surface area contributed by atoms with Gasteiger partial charge in [0, 0.05) is 19.0 Å². The van der Waals surface area contributed by atoms with E-state index < -0.39 is 11.7 Å². The summed E-state index contributed by atoms with van der Waals surface area (Å²) in [4.78, 5) is 21.8. The van der Waals surface area contributed by atoms with Crippen LogP contribution < -0.4 is 10.1 Å². The minimum Gasteiger partial charge on any atom is -0.496 e. The van der Waals surface area contributed by atoms with Gasteiger partial charge in [0.2, 0.25) is 5.78 Å². The summed E-state index contributed by atoms with van der Waals surface area (Å²) in [5, 5.41) is 2.53. The molecule has 0 bridgehead atoms. The molecule has 0 fully saturated rings. The Morgan fingerprint density at radius 3 is 2.62 bits per heavy atom. The van der Waals surface area contributed by atoms with E-state index in [4.69, 9.17) is 4.74 Å². The van der Waals surface area contributed by atoms with Gasteiger partial charge in [0.1, 0.15) is 5.75 Å². The van der Waals surface area contributed by atoms with Gasteiger partial charge in [0.05, 0.1) is 7.11 Å². The predicted octanol–water partition coefficient (Wildman–Crippen LogP) is 1.21. The third-order valence-corrected chi connectivity index (χ3v) is 2.20. The van der Waals surface area contributed by atoms with Crippen molar-refractivity contribution in [1.82, 2.24) is 5.32 Å². The number of ether oxygens (including phenoxy) is 1. The lowest BCUT2D eigenvalue weighted by atomic mass is 10.1. The molecule has 0 heterocycles. The standard InChI is InChI=1S/C12H15NO3/c1-8-4-5-11(16-3)10(6-8)7-13-12(15)9(2)14/h4-6H,7H2,1-3H3,(H,13,15). The van der Waals surface area contributed by atoms with Crippen molar-refractivity contribution in [2.45, 2.75) is 20.4 Å². The van der Waals surface area contributed by atoms with E-state index in [2.05, 4.69) is 5.32 Å². The molecule has 1 aromatic carbocycles. The highest BCUT2D eigenvalue weighted by molar-refractivity contribution is 6.35. The highest BCUT2D eigenvalue weighted by atomic mass is 16.5. The molecule has 0 saturated carbocycles. The number of carbonyl (C=O) groups excluding carboxylic acids is 2. The van der Waals surface area contributed by atoms with E-state index in [0.717, 1.165) is 11.1 Å². The molecule has 0 unspecified atom stereocenters. The third kappa shape index (κ3) is 3.08. The van der Waals surface area contributed by atoms with Crippen molar-refractivity contribution < 1.29 is 14.3 Å². The molecule has 4 heteroatoms. The van der Waals surface area contributed by atoms with Crippen LogP contribution in [0.2, 0.25) is 0 Å². The van der Waals surface area contributed by atoms with Crippen molar-refractivity contribution >= 4 is 11.7 Å². The fourth-order valence-electron chi connectivity index (χ4n) is 1.35. The quantitative estimate of drug-likeness (QED) is 0.777. The van der Waals surface area contributed by atoms with Gasteiger partial charge in [-0.25, -0.2) is 0 Å². The maximum Gasteiger partial charge on any atom is 0.287 e. The number of benzene rings is 1. The van der Waals surface area contributed by atoms with Gasteiger partial charge in [0.25, 0.3) is 5.91 Å². The van der Waals surface area contributed by atoms with Crippen LogP contribution in [0.5, 0.6) is 5.75 Å². The molecule has 0 saturated heterocycles. The second-order valence-electron chi connectivity index (χ2n) is 3.55. The average molecular weight is 221 g/mol. The molecule has 86 valence electrons. The predicted molar refractivity (Wildman–Crippen MR) is 60.3 cm³/mol. The summed E-state index contributed by atoms with van der Waals surface area (Å²) in [7, 11) is 1.57. The Balaban J connectivity index is 2.76. The third-order valence-electron chi connectivity index (χ3n) is 2.20. The molecule has 0 radical (unpaired) electrons. The summed E-state index contributed by atoms with van der Waals surface area (Å²) < 4.78 is 5.16. The van der Waals surface area contributed by atoms with E-state index in [1.165, 1.54) is 6.92 Å². The van der Waals surface area contributed by atoms with Gasteiger partial charge in [-0.1, -0.05) is 17.7 Å². The summed E-state index contributed by atoms with van der Waals surface area (Å²) in [6, 6.07) is 5.68. The van der Waals surface area contributed by atoms with Gasteiger partial charge in [-0.15, -0.1) is 0 Å². The molecular weight excluding hydrogens is 206 g/mol. The second kappa shape index (κ2) is 5.30. The highest BCUT2D eigenvalue weighted by Gasteiger charge is 2.08. The van der Waals surface area contributed by atoms with Crippen molar-refractivity contribution in [1.29, 1.82) is 0 Å². The number of methoxy groups -OCH3 is 1. The Morgan fingerprint density at radius 1 is 1.38 bits per heavy atom. The van der Waals surface area contributed by atoms with Crippen LogP contribution in [0.4, 0.5) is 0 Å². The lowest BCUT2D eigenvalue weighted by Gasteiger charge is -2.09. The van der Waals surface area contributed by atoms with E-state index in [1.54, 1.807) is 7.11 Å². The van der Waals surface area contributed by atoms with E-state index >= 15 is 0 Å². The van der Waals surface area contributed by atoms with Crippen molar-refractivity contribution in [3.8, 4) is 5.75 Å². The number of ketones is 1. The van der Waals surface area contributed by atoms with Crippen molar-refractivity contribution in [2.24, 2.45) is 0 Å². The van der Waals surface area contributed by atoms with Gasteiger partial charge in [-0.3, -0.25) is 9.59 Å². The monoisotopic (exact) mass is 221 g/mol. The summed E-state index contributed by atoms with van der Waals surface area (Å²) >= 11 is 0. The molecule has 1 rings (SSSR count). The van der Waals surface area contributed by atoms with Crippen molar-refractivity contribution in [2.75, 3.05) is 7.11 Å². The van der Waals surface area contributed by atoms with Crippen LogP contribution in [-0.2, 0) is 16.1 Å². The number of Topliss-reactive ketones (excluding diaryl/α,β-unsaturated/α-hetero) is 1. The largest absolute Gasteiger partial charge is 0.496 e. The number of carbonyl (C=O) groups is 2. The zero-order valence-electron chi connectivity index (χ0n) is 9.66. The summed E-state index contributed by atoms with van der Waals surface area (Å²) in [5.74, 6) is -0.371. The maximum atomic E-state index is 11.1. The Morgan fingerprint density at radius 2 is 2.06 bits per heavy atom. The van der Waals surface area contributed by atoms with Crippen LogP contribution in [0.25, 0.3) is 0 Å². The van der Waals surface area contributed by atoms with Crippen LogP contribution in [0, 0.1) is 6.92 Å². The zero-order valence-corrected chi connectivity index (χ0v) is 9.66. The maximum absolute atomic E-state index is 11.1. The SMILES string of the molecule is COc1ccc(C)cc1CNC(=O)C(C)=O. The Bertz CT molecular complexity index is 413. The topological polar surface area (TPSA) is 55.4 Å². The summed E-state index contributed by atoms with van der Waals surface area (Å²) in [6.45, 7) is 3.49. The van der Waals surface area contributed by atoms with Crippen LogP contribution in [0.3, 0.4) is 0 Å². The zero-order chi connectivity index (χ0) is 12.1. The number of rotatable bonds is 4. The molecule has 0 spiro atoms. The first-order chi connectivity index (χ1) is 7.54. The Hall–Kier alpha value is -1.84. The van der Waals surface area contributed by atoms with E-state index in [-0.39, 0.29) is 0 Å². The van der Waals surface area contributed by atoms with Crippen molar-refractivity contribution in [3.05, 3.63) is 29.3 Å². The van der Waals surface area contributed by atoms with Crippen LogP contribution in [-0.4, -0.2) is 18.8 Å². The Labute approximate surface area is 94.6 Å². The number of hydrogen-bond acceptors (Lipinski definition) is 3. The average Bonchev–Trinajstić information content (AvgIpc) is 2.25. The van der Waals surface area contributed by atoms with Gasteiger partial charge in [-0.05, 0) is 13.0 Å². The highest BCUT2D eigenvalue weighted by Crippen LogP contribution is 2.19. The fraction of sp³-hybridized carbons (Fsp3) is 0.333. The summed E-state index contributed by atoms with van der Waals surface area (Å²) in [6.07, 6.45) is 0. The lowest BCUT2D eigenvalue weighted by Crippen LogP contribution is -2.28. The molecule has 0 aliphatic heterocycles. The first kappa shape index (κ1) is 12.2.